The number of alkyl halides is 4. The number of rotatable bonds is 4. The van der Waals surface area contributed by atoms with E-state index in [1.54, 1.807) is 0 Å². The average Bonchev–Trinajstić information content (AvgIpc) is 2.57. The fourth-order valence-corrected chi connectivity index (χ4v) is 1.26. The molecule has 1 aromatic heterocycles. The van der Waals surface area contributed by atoms with E-state index in [4.69, 9.17) is 5.11 Å². The van der Waals surface area contributed by atoms with Gasteiger partial charge >= 0.3 is 12.1 Å². The highest BCUT2D eigenvalue weighted by Crippen LogP contribution is 2.34. The zero-order valence-corrected chi connectivity index (χ0v) is 7.94. The van der Waals surface area contributed by atoms with Gasteiger partial charge in [-0.25, -0.2) is 4.79 Å². The Morgan fingerprint density at radius 2 is 2.06 bits per heavy atom. The lowest BCUT2D eigenvalue weighted by molar-refractivity contribution is -0.138. The van der Waals surface area contributed by atoms with Crippen LogP contribution >= 0.6 is 0 Å². The largest absolute Gasteiger partial charge is 0.476 e. The summed E-state index contributed by atoms with van der Waals surface area (Å²) < 4.78 is 49.4. The number of nitrogens with one attached hydrogen (secondary N) is 1. The highest BCUT2D eigenvalue weighted by molar-refractivity contribution is 5.87. The standard InChI is InChI=1S/C8H8F4N2O2/c9-3-1-2-4-5(8(10,11)12)6(7(15)16)14-13-4/h1-3H2,(H,13,14)(H,15,16). The molecule has 2 N–H and O–H groups in total. The summed E-state index contributed by atoms with van der Waals surface area (Å²) in [7, 11) is 0. The molecule has 0 amide bonds. The van der Waals surface area contributed by atoms with Crippen LogP contribution in [0.1, 0.15) is 28.2 Å². The predicted molar refractivity (Wildman–Crippen MR) is 44.8 cm³/mol. The summed E-state index contributed by atoms with van der Waals surface area (Å²) in [6.07, 6.45) is -5.16. The molecule has 16 heavy (non-hydrogen) atoms. The van der Waals surface area contributed by atoms with Crippen molar-refractivity contribution >= 4 is 5.97 Å². The Kier molecular flexibility index (Phi) is 3.51. The smallest absolute Gasteiger partial charge is 0.420 e. The third kappa shape index (κ3) is 2.50. The highest BCUT2D eigenvalue weighted by Gasteiger charge is 2.40. The van der Waals surface area contributed by atoms with Gasteiger partial charge in [0.1, 0.15) is 5.56 Å². The third-order valence-electron chi connectivity index (χ3n) is 1.89. The van der Waals surface area contributed by atoms with Crippen LogP contribution in [-0.2, 0) is 12.6 Å². The zero-order valence-electron chi connectivity index (χ0n) is 7.94. The molecule has 4 nitrogen and oxygen atoms in total. The summed E-state index contributed by atoms with van der Waals surface area (Å²) in [5.41, 5.74) is -2.81. The van der Waals surface area contributed by atoms with Gasteiger partial charge in [-0.05, 0) is 12.8 Å². The molecule has 0 bridgehead atoms. The van der Waals surface area contributed by atoms with E-state index in [1.807, 2.05) is 5.10 Å². The van der Waals surface area contributed by atoms with Gasteiger partial charge in [0.25, 0.3) is 0 Å². The Morgan fingerprint density at radius 3 is 2.50 bits per heavy atom. The molecule has 0 aliphatic carbocycles. The van der Waals surface area contributed by atoms with Crippen LogP contribution in [0.15, 0.2) is 0 Å². The molecular weight excluding hydrogens is 232 g/mol. The van der Waals surface area contributed by atoms with Crippen molar-refractivity contribution in [3.8, 4) is 0 Å². The Labute approximate surface area is 87.3 Å². The number of H-pyrrole nitrogens is 1. The second kappa shape index (κ2) is 4.50. The third-order valence-corrected chi connectivity index (χ3v) is 1.89. The van der Waals surface area contributed by atoms with Crippen LogP contribution in [0.3, 0.4) is 0 Å². The van der Waals surface area contributed by atoms with Crippen LogP contribution in [0.5, 0.6) is 0 Å². The van der Waals surface area contributed by atoms with Crippen LogP contribution < -0.4 is 0 Å². The number of carboxylic acids is 1. The van der Waals surface area contributed by atoms with Gasteiger partial charge in [-0.15, -0.1) is 0 Å². The Morgan fingerprint density at radius 1 is 1.44 bits per heavy atom. The first kappa shape index (κ1) is 12.5. The fraction of sp³-hybridized carbons (Fsp3) is 0.500. The molecule has 0 saturated heterocycles. The first-order chi connectivity index (χ1) is 7.38. The maximum Gasteiger partial charge on any atom is 0.420 e. The van der Waals surface area contributed by atoms with Crippen molar-refractivity contribution in [2.45, 2.75) is 19.0 Å². The van der Waals surface area contributed by atoms with Gasteiger partial charge in [-0.3, -0.25) is 9.49 Å². The molecule has 0 saturated carbocycles. The lowest BCUT2D eigenvalue weighted by atomic mass is 10.1. The van der Waals surface area contributed by atoms with Crippen LogP contribution in [0.2, 0.25) is 0 Å². The topological polar surface area (TPSA) is 66.0 Å². The van der Waals surface area contributed by atoms with E-state index in [-0.39, 0.29) is 12.8 Å². The zero-order chi connectivity index (χ0) is 12.3. The molecular formula is C8H8F4N2O2. The number of aromatic carboxylic acids is 1. The molecule has 1 heterocycles. The van der Waals surface area contributed by atoms with Crippen LogP contribution in [0.25, 0.3) is 0 Å². The van der Waals surface area contributed by atoms with Crippen molar-refractivity contribution in [2.75, 3.05) is 6.67 Å². The highest BCUT2D eigenvalue weighted by atomic mass is 19.4. The number of carbonyl (C=O) groups is 1. The van der Waals surface area contributed by atoms with Gasteiger partial charge in [0.05, 0.1) is 6.67 Å². The minimum Gasteiger partial charge on any atom is -0.476 e. The van der Waals surface area contributed by atoms with Gasteiger partial charge in [-0.1, -0.05) is 0 Å². The second-order valence-electron chi connectivity index (χ2n) is 3.02. The Hall–Kier alpha value is -1.60. The average molecular weight is 240 g/mol. The molecule has 0 aliphatic rings. The second-order valence-corrected chi connectivity index (χ2v) is 3.02. The minimum absolute atomic E-state index is 0.121. The molecule has 0 unspecified atom stereocenters. The van der Waals surface area contributed by atoms with Crippen molar-refractivity contribution in [3.05, 3.63) is 17.0 Å². The monoisotopic (exact) mass is 240 g/mol. The lowest BCUT2D eigenvalue weighted by Gasteiger charge is -2.07. The maximum atomic E-state index is 12.5. The summed E-state index contributed by atoms with van der Waals surface area (Å²) >= 11 is 0. The number of hydrogen-bond donors (Lipinski definition) is 2. The van der Waals surface area contributed by atoms with E-state index >= 15 is 0 Å². The van der Waals surface area contributed by atoms with Crippen molar-refractivity contribution < 1.29 is 27.5 Å². The number of halogens is 4. The van der Waals surface area contributed by atoms with Gasteiger partial charge in [0.2, 0.25) is 0 Å². The Balaban J connectivity index is 3.15. The SMILES string of the molecule is O=C(O)c1n[nH]c(CCCF)c1C(F)(F)F. The molecule has 0 atom stereocenters. The van der Waals surface area contributed by atoms with Crippen LogP contribution in [0, 0.1) is 0 Å². The fourth-order valence-electron chi connectivity index (χ4n) is 1.26. The maximum absolute atomic E-state index is 12.5. The van der Waals surface area contributed by atoms with Gasteiger partial charge in [0.15, 0.2) is 5.69 Å². The van der Waals surface area contributed by atoms with Gasteiger partial charge < -0.3 is 5.11 Å². The molecule has 0 fully saturated rings. The van der Waals surface area contributed by atoms with E-state index in [0.29, 0.717) is 0 Å². The molecule has 0 spiro atoms. The number of nitrogens with zero attached hydrogens (tertiary/aromatic N) is 1. The van der Waals surface area contributed by atoms with Crippen molar-refractivity contribution in [3.63, 3.8) is 0 Å². The van der Waals surface area contributed by atoms with E-state index in [9.17, 15) is 22.4 Å². The van der Waals surface area contributed by atoms with Crippen LogP contribution in [-0.4, -0.2) is 27.9 Å². The van der Waals surface area contributed by atoms with Gasteiger partial charge in [0, 0.05) is 5.69 Å². The quantitative estimate of drug-likeness (QED) is 0.791. The van der Waals surface area contributed by atoms with Gasteiger partial charge in [-0.2, -0.15) is 18.3 Å². The minimum atomic E-state index is -4.81. The van der Waals surface area contributed by atoms with E-state index in [2.05, 4.69) is 5.10 Å². The molecule has 90 valence electrons. The normalized spacial score (nSPS) is 11.8. The number of aromatic amines is 1. The Bertz CT molecular complexity index is 386. The van der Waals surface area contributed by atoms with Crippen LogP contribution in [0.4, 0.5) is 17.6 Å². The number of aromatic nitrogens is 2. The van der Waals surface area contributed by atoms with E-state index < -0.39 is 35.8 Å². The summed E-state index contributed by atoms with van der Waals surface area (Å²) in [5.74, 6) is -1.77. The van der Waals surface area contributed by atoms with E-state index in [0.717, 1.165) is 0 Å². The summed E-state index contributed by atoms with van der Waals surface area (Å²) in [6.45, 7) is -0.779. The van der Waals surface area contributed by atoms with E-state index in [1.165, 1.54) is 0 Å². The first-order valence-corrected chi connectivity index (χ1v) is 4.31. The number of carboxylic acid groups (broad SMARTS) is 1. The molecule has 1 rings (SSSR count). The predicted octanol–water partition coefficient (Wildman–Crippen LogP) is 2.03. The molecule has 1 aromatic rings. The first-order valence-electron chi connectivity index (χ1n) is 4.31. The summed E-state index contributed by atoms with van der Waals surface area (Å²) in [4.78, 5) is 10.5. The molecule has 0 aromatic carbocycles. The molecule has 0 aliphatic heterocycles. The molecule has 0 radical (unpaired) electrons. The van der Waals surface area contributed by atoms with Crippen molar-refractivity contribution in [2.24, 2.45) is 0 Å². The number of aryl methyl sites for hydroxylation is 1. The van der Waals surface area contributed by atoms with Crippen molar-refractivity contribution in [1.29, 1.82) is 0 Å². The summed E-state index contributed by atoms with van der Waals surface area (Å²) in [5, 5.41) is 13.6. The van der Waals surface area contributed by atoms with Crippen molar-refractivity contribution in [1.82, 2.24) is 10.2 Å². The number of hydrogen-bond acceptors (Lipinski definition) is 2. The summed E-state index contributed by atoms with van der Waals surface area (Å²) in [6, 6.07) is 0. The molecule has 8 heteroatoms. The lowest BCUT2D eigenvalue weighted by Crippen LogP contribution is -2.13.